The van der Waals surface area contributed by atoms with Crippen LogP contribution < -0.4 is 10.0 Å². The molecular weight excluding hydrogens is 291 g/mol. The van der Waals surface area contributed by atoms with E-state index in [1.807, 2.05) is 27.7 Å². The second-order valence-electron chi connectivity index (χ2n) is 5.89. The lowest BCUT2D eigenvalue weighted by atomic mass is 9.91. The Morgan fingerprint density at radius 3 is 2.43 bits per heavy atom. The number of hydrogen-bond donors (Lipinski definition) is 2. The van der Waals surface area contributed by atoms with E-state index in [2.05, 4.69) is 10.0 Å². The second-order valence-corrected chi connectivity index (χ2v) is 7.62. The summed E-state index contributed by atoms with van der Waals surface area (Å²) in [6.07, 6.45) is 0.833. The van der Waals surface area contributed by atoms with Crippen LogP contribution in [0.2, 0.25) is 0 Å². The third kappa shape index (κ3) is 5.37. The van der Waals surface area contributed by atoms with E-state index in [-0.39, 0.29) is 16.9 Å². The Labute approximate surface area is 127 Å². The molecule has 6 heteroatoms. The van der Waals surface area contributed by atoms with E-state index in [1.54, 1.807) is 6.07 Å². The van der Waals surface area contributed by atoms with Gasteiger partial charge >= 0.3 is 0 Å². The minimum Gasteiger partial charge on any atom is -0.313 e. The number of sulfonamides is 1. The number of rotatable bonds is 8. The lowest BCUT2D eigenvalue weighted by Gasteiger charge is -2.22. The normalized spacial score (nSPS) is 12.6. The predicted molar refractivity (Wildman–Crippen MR) is 83.0 cm³/mol. The number of halogens is 1. The molecule has 2 N–H and O–H groups in total. The van der Waals surface area contributed by atoms with Crippen LogP contribution in [0.15, 0.2) is 23.1 Å². The van der Waals surface area contributed by atoms with Crippen molar-refractivity contribution in [1.29, 1.82) is 0 Å². The highest BCUT2D eigenvalue weighted by molar-refractivity contribution is 7.89. The Morgan fingerprint density at radius 1 is 1.24 bits per heavy atom. The molecule has 1 aromatic rings. The van der Waals surface area contributed by atoms with Crippen molar-refractivity contribution in [2.24, 2.45) is 5.41 Å². The van der Waals surface area contributed by atoms with Crippen LogP contribution >= 0.6 is 0 Å². The van der Waals surface area contributed by atoms with E-state index in [9.17, 15) is 12.8 Å². The molecule has 0 heterocycles. The number of hydrogen-bond acceptors (Lipinski definition) is 3. The van der Waals surface area contributed by atoms with Gasteiger partial charge in [0.15, 0.2) is 0 Å². The van der Waals surface area contributed by atoms with Crippen LogP contribution in [0.1, 0.15) is 39.7 Å². The third-order valence-electron chi connectivity index (χ3n) is 3.56. The molecule has 0 fully saturated rings. The molecule has 1 aromatic carbocycles. The van der Waals surface area contributed by atoms with E-state index in [0.717, 1.165) is 18.5 Å². The smallest absolute Gasteiger partial charge is 0.243 e. The minimum absolute atomic E-state index is 0.158. The topological polar surface area (TPSA) is 58.2 Å². The largest absolute Gasteiger partial charge is 0.313 e. The fourth-order valence-corrected chi connectivity index (χ4v) is 2.93. The van der Waals surface area contributed by atoms with Gasteiger partial charge in [-0.05, 0) is 36.1 Å². The van der Waals surface area contributed by atoms with Gasteiger partial charge in [-0.2, -0.15) is 0 Å². The molecule has 0 aliphatic rings. The van der Waals surface area contributed by atoms with Gasteiger partial charge in [0.2, 0.25) is 10.0 Å². The molecule has 0 aliphatic carbocycles. The molecule has 0 amide bonds. The molecular formula is C15H25FN2O2S. The van der Waals surface area contributed by atoms with Crippen molar-refractivity contribution in [2.45, 2.75) is 45.6 Å². The Kier molecular flexibility index (Phi) is 6.31. The maximum absolute atomic E-state index is 14.0. The first-order valence-corrected chi connectivity index (χ1v) is 8.69. The second kappa shape index (κ2) is 7.33. The van der Waals surface area contributed by atoms with E-state index >= 15 is 0 Å². The van der Waals surface area contributed by atoms with Crippen LogP contribution in [0.3, 0.4) is 0 Å². The monoisotopic (exact) mass is 316 g/mol. The van der Waals surface area contributed by atoms with Gasteiger partial charge in [0, 0.05) is 13.1 Å². The SMILES string of the molecule is CCNCc1ccc(S(=O)(=O)NCC(C)(C)CC)c(F)c1. The highest BCUT2D eigenvalue weighted by Gasteiger charge is 2.23. The van der Waals surface area contributed by atoms with Crippen LogP contribution in [0.25, 0.3) is 0 Å². The Hall–Kier alpha value is -0.980. The molecule has 0 saturated heterocycles. The van der Waals surface area contributed by atoms with Gasteiger partial charge in [-0.25, -0.2) is 17.5 Å². The molecule has 0 spiro atoms. The summed E-state index contributed by atoms with van der Waals surface area (Å²) in [7, 11) is -3.82. The molecule has 21 heavy (non-hydrogen) atoms. The average Bonchev–Trinajstić information content (AvgIpc) is 2.43. The van der Waals surface area contributed by atoms with Crippen LogP contribution in [0.4, 0.5) is 4.39 Å². The van der Waals surface area contributed by atoms with Crippen molar-refractivity contribution >= 4 is 10.0 Å². The van der Waals surface area contributed by atoms with E-state index in [1.165, 1.54) is 12.1 Å². The zero-order valence-electron chi connectivity index (χ0n) is 13.2. The van der Waals surface area contributed by atoms with Crippen molar-refractivity contribution < 1.29 is 12.8 Å². The lowest BCUT2D eigenvalue weighted by molar-refractivity contribution is 0.350. The molecule has 0 radical (unpaired) electrons. The fourth-order valence-electron chi connectivity index (χ4n) is 1.63. The fraction of sp³-hybridized carbons (Fsp3) is 0.600. The van der Waals surface area contributed by atoms with E-state index < -0.39 is 15.8 Å². The highest BCUT2D eigenvalue weighted by Crippen LogP contribution is 2.21. The Balaban J connectivity index is 2.88. The van der Waals surface area contributed by atoms with E-state index in [4.69, 9.17) is 0 Å². The highest BCUT2D eigenvalue weighted by atomic mass is 32.2. The third-order valence-corrected chi connectivity index (χ3v) is 5.00. The Bertz CT molecular complexity index is 571. The molecule has 0 aliphatic heterocycles. The molecule has 0 aromatic heterocycles. The summed E-state index contributed by atoms with van der Waals surface area (Å²) in [5, 5.41) is 3.07. The van der Waals surface area contributed by atoms with Gasteiger partial charge in [-0.3, -0.25) is 0 Å². The maximum atomic E-state index is 14.0. The molecule has 0 unspecified atom stereocenters. The number of nitrogens with one attached hydrogen (secondary N) is 2. The molecule has 0 saturated carbocycles. The lowest BCUT2D eigenvalue weighted by Crippen LogP contribution is -2.34. The van der Waals surface area contributed by atoms with Crippen LogP contribution in [-0.4, -0.2) is 21.5 Å². The molecule has 120 valence electrons. The molecule has 1 rings (SSSR count). The van der Waals surface area contributed by atoms with Gasteiger partial charge in [-0.15, -0.1) is 0 Å². The van der Waals surface area contributed by atoms with Crippen LogP contribution in [0.5, 0.6) is 0 Å². The summed E-state index contributed by atoms with van der Waals surface area (Å²) < 4.78 is 40.9. The quantitative estimate of drug-likeness (QED) is 0.775. The zero-order valence-corrected chi connectivity index (χ0v) is 14.0. The maximum Gasteiger partial charge on any atom is 0.243 e. The summed E-state index contributed by atoms with van der Waals surface area (Å²) in [5.41, 5.74) is 0.566. The van der Waals surface area contributed by atoms with Gasteiger partial charge in [0.05, 0.1) is 0 Å². The van der Waals surface area contributed by atoms with Gasteiger partial charge in [0.25, 0.3) is 0 Å². The first-order valence-electron chi connectivity index (χ1n) is 7.20. The Morgan fingerprint density at radius 2 is 1.90 bits per heavy atom. The van der Waals surface area contributed by atoms with Crippen molar-refractivity contribution in [2.75, 3.05) is 13.1 Å². The summed E-state index contributed by atoms with van der Waals surface area (Å²) in [6, 6.07) is 4.22. The summed E-state index contributed by atoms with van der Waals surface area (Å²) in [5.74, 6) is -0.716. The molecule has 4 nitrogen and oxygen atoms in total. The van der Waals surface area contributed by atoms with Gasteiger partial charge in [0.1, 0.15) is 10.7 Å². The number of benzene rings is 1. The van der Waals surface area contributed by atoms with Crippen molar-refractivity contribution in [1.82, 2.24) is 10.0 Å². The van der Waals surface area contributed by atoms with Gasteiger partial charge in [-0.1, -0.05) is 33.8 Å². The zero-order chi connectivity index (χ0) is 16.1. The van der Waals surface area contributed by atoms with Crippen LogP contribution in [-0.2, 0) is 16.6 Å². The summed E-state index contributed by atoms with van der Waals surface area (Å²) in [4.78, 5) is -0.297. The predicted octanol–water partition coefficient (Wildman–Crippen LogP) is 2.65. The van der Waals surface area contributed by atoms with Crippen molar-refractivity contribution in [3.8, 4) is 0 Å². The standard InChI is InChI=1S/C15H25FN2O2S/c1-5-15(3,4)11-18-21(19,20)14-8-7-12(9-13(14)16)10-17-6-2/h7-9,17-18H,5-6,10-11H2,1-4H3. The average molecular weight is 316 g/mol. The van der Waals surface area contributed by atoms with Crippen molar-refractivity contribution in [3.05, 3.63) is 29.6 Å². The summed E-state index contributed by atoms with van der Waals surface area (Å²) in [6.45, 7) is 9.44. The first-order chi connectivity index (χ1) is 9.72. The molecule has 0 atom stereocenters. The van der Waals surface area contributed by atoms with E-state index in [0.29, 0.717) is 6.54 Å². The molecule has 0 bridgehead atoms. The van der Waals surface area contributed by atoms with Gasteiger partial charge < -0.3 is 5.32 Å². The summed E-state index contributed by atoms with van der Waals surface area (Å²) >= 11 is 0. The minimum atomic E-state index is -3.82. The van der Waals surface area contributed by atoms with Crippen molar-refractivity contribution in [3.63, 3.8) is 0 Å². The first kappa shape index (κ1) is 18.1. The van der Waals surface area contributed by atoms with Crippen LogP contribution in [0, 0.1) is 11.2 Å².